The summed E-state index contributed by atoms with van der Waals surface area (Å²) in [7, 11) is 0. The van der Waals surface area contributed by atoms with Gasteiger partial charge in [0.15, 0.2) is 0 Å². The van der Waals surface area contributed by atoms with E-state index in [-0.39, 0.29) is 12.6 Å². The van der Waals surface area contributed by atoms with E-state index in [1.54, 1.807) is 13.8 Å². The van der Waals surface area contributed by atoms with E-state index in [0.717, 1.165) is 0 Å². The van der Waals surface area contributed by atoms with Crippen LogP contribution in [0.3, 0.4) is 0 Å². The van der Waals surface area contributed by atoms with E-state index in [4.69, 9.17) is 10.8 Å². The van der Waals surface area contributed by atoms with E-state index < -0.39 is 18.0 Å². The predicted molar refractivity (Wildman–Crippen MR) is 47.3 cm³/mol. The second kappa shape index (κ2) is 5.36. The standard InChI is InChI=1S/C7H15N3O3/c1-4(2)10-7(13)9-3-5(8)6(11)12/h4-5H,3,8H2,1-2H3,(H,11,12)(H2,9,10,13). The van der Waals surface area contributed by atoms with Crippen LogP contribution < -0.4 is 16.4 Å². The number of rotatable bonds is 4. The van der Waals surface area contributed by atoms with E-state index in [1.807, 2.05) is 0 Å². The zero-order valence-electron chi connectivity index (χ0n) is 7.70. The fraction of sp³-hybridized carbons (Fsp3) is 0.714. The fourth-order valence-electron chi connectivity index (χ4n) is 0.603. The number of amides is 2. The number of urea groups is 1. The van der Waals surface area contributed by atoms with Crippen molar-refractivity contribution in [3.63, 3.8) is 0 Å². The van der Waals surface area contributed by atoms with Gasteiger partial charge >= 0.3 is 12.0 Å². The molecule has 76 valence electrons. The molecule has 0 rings (SSSR count). The number of carboxylic acid groups (broad SMARTS) is 1. The van der Waals surface area contributed by atoms with Gasteiger partial charge in [-0.2, -0.15) is 0 Å². The minimum absolute atomic E-state index is 0.0149. The number of hydrogen-bond acceptors (Lipinski definition) is 3. The molecule has 0 aromatic rings. The minimum Gasteiger partial charge on any atom is -0.480 e. The molecule has 0 heterocycles. The van der Waals surface area contributed by atoms with Crippen molar-refractivity contribution >= 4 is 12.0 Å². The Morgan fingerprint density at radius 1 is 1.46 bits per heavy atom. The van der Waals surface area contributed by atoms with Crippen molar-refractivity contribution in [3.8, 4) is 0 Å². The molecule has 1 atom stereocenters. The zero-order chi connectivity index (χ0) is 10.4. The molecule has 1 unspecified atom stereocenters. The second-order valence-electron chi connectivity index (χ2n) is 2.95. The molecule has 0 aromatic carbocycles. The molecular formula is C7H15N3O3. The molecule has 0 bridgehead atoms. The monoisotopic (exact) mass is 189 g/mol. The molecule has 0 fully saturated rings. The normalized spacial score (nSPS) is 12.3. The molecule has 0 saturated heterocycles. The number of carboxylic acids is 1. The van der Waals surface area contributed by atoms with Crippen LogP contribution in [-0.4, -0.2) is 35.7 Å². The summed E-state index contributed by atoms with van der Waals surface area (Å²) in [6.45, 7) is 3.53. The van der Waals surface area contributed by atoms with Gasteiger partial charge in [-0.3, -0.25) is 4.79 Å². The van der Waals surface area contributed by atoms with E-state index in [1.165, 1.54) is 0 Å². The molecule has 6 nitrogen and oxygen atoms in total. The number of carbonyl (C=O) groups is 2. The van der Waals surface area contributed by atoms with Crippen LogP contribution in [0.2, 0.25) is 0 Å². The van der Waals surface area contributed by atoms with Crippen LogP contribution in [0.4, 0.5) is 4.79 Å². The van der Waals surface area contributed by atoms with Gasteiger partial charge in [-0.05, 0) is 13.8 Å². The Bertz CT molecular complexity index is 193. The molecule has 0 spiro atoms. The van der Waals surface area contributed by atoms with Crippen LogP contribution in [0.5, 0.6) is 0 Å². The quantitative estimate of drug-likeness (QED) is 0.460. The summed E-state index contributed by atoms with van der Waals surface area (Å²) in [4.78, 5) is 21.1. The Hall–Kier alpha value is -1.30. The van der Waals surface area contributed by atoms with Gasteiger partial charge < -0.3 is 21.5 Å². The SMILES string of the molecule is CC(C)NC(=O)NCC(N)C(=O)O. The summed E-state index contributed by atoms with van der Waals surface area (Å²) in [5.41, 5.74) is 5.15. The first-order valence-corrected chi connectivity index (χ1v) is 3.96. The van der Waals surface area contributed by atoms with Crippen molar-refractivity contribution in [3.05, 3.63) is 0 Å². The van der Waals surface area contributed by atoms with Gasteiger partial charge in [0.25, 0.3) is 0 Å². The first-order chi connectivity index (χ1) is 5.93. The first kappa shape index (κ1) is 11.7. The van der Waals surface area contributed by atoms with Gasteiger partial charge in [-0.1, -0.05) is 0 Å². The van der Waals surface area contributed by atoms with E-state index in [9.17, 15) is 9.59 Å². The van der Waals surface area contributed by atoms with E-state index in [0.29, 0.717) is 0 Å². The first-order valence-electron chi connectivity index (χ1n) is 3.96. The number of nitrogens with two attached hydrogens (primary N) is 1. The van der Waals surface area contributed by atoms with Gasteiger partial charge in [0.2, 0.25) is 0 Å². The maximum absolute atomic E-state index is 10.9. The number of aliphatic carboxylic acids is 1. The van der Waals surface area contributed by atoms with Gasteiger partial charge in [-0.15, -0.1) is 0 Å². The van der Waals surface area contributed by atoms with Crippen molar-refractivity contribution < 1.29 is 14.7 Å². The van der Waals surface area contributed by atoms with Gasteiger partial charge in [0.05, 0.1) is 0 Å². The predicted octanol–water partition coefficient (Wildman–Crippen LogP) is -0.894. The Morgan fingerprint density at radius 2 is 2.00 bits per heavy atom. The lowest BCUT2D eigenvalue weighted by molar-refractivity contribution is -0.138. The van der Waals surface area contributed by atoms with Crippen molar-refractivity contribution in [2.24, 2.45) is 5.73 Å². The number of hydrogen-bond donors (Lipinski definition) is 4. The summed E-state index contributed by atoms with van der Waals surface area (Å²) in [6.07, 6.45) is 0. The third kappa shape index (κ3) is 5.92. The second-order valence-corrected chi connectivity index (χ2v) is 2.95. The van der Waals surface area contributed by atoms with Crippen LogP contribution in [-0.2, 0) is 4.79 Å². The van der Waals surface area contributed by atoms with Gasteiger partial charge in [0.1, 0.15) is 6.04 Å². The van der Waals surface area contributed by atoms with E-state index >= 15 is 0 Å². The number of carbonyl (C=O) groups excluding carboxylic acids is 1. The molecule has 0 saturated carbocycles. The third-order valence-electron chi connectivity index (χ3n) is 1.22. The van der Waals surface area contributed by atoms with Gasteiger partial charge in [-0.25, -0.2) is 4.79 Å². The average Bonchev–Trinajstić information content (AvgIpc) is 1.98. The minimum atomic E-state index is -1.13. The lowest BCUT2D eigenvalue weighted by Crippen LogP contribution is -2.47. The highest BCUT2D eigenvalue weighted by molar-refractivity contribution is 5.77. The molecule has 0 aromatic heterocycles. The Balaban J connectivity index is 3.64. The largest absolute Gasteiger partial charge is 0.480 e. The van der Waals surface area contributed by atoms with Crippen molar-refractivity contribution in [2.75, 3.05) is 6.54 Å². The highest BCUT2D eigenvalue weighted by Gasteiger charge is 2.12. The summed E-state index contributed by atoms with van der Waals surface area (Å²) in [5, 5.41) is 13.3. The molecule has 0 aliphatic rings. The van der Waals surface area contributed by atoms with Crippen molar-refractivity contribution in [1.82, 2.24) is 10.6 Å². The lowest BCUT2D eigenvalue weighted by atomic mass is 10.3. The maximum atomic E-state index is 10.9. The van der Waals surface area contributed by atoms with Crippen LogP contribution in [0.15, 0.2) is 0 Å². The molecule has 13 heavy (non-hydrogen) atoms. The average molecular weight is 189 g/mol. The Kier molecular flexibility index (Phi) is 4.83. The zero-order valence-corrected chi connectivity index (χ0v) is 7.70. The lowest BCUT2D eigenvalue weighted by Gasteiger charge is -2.11. The molecule has 0 aliphatic carbocycles. The highest BCUT2D eigenvalue weighted by Crippen LogP contribution is 1.78. The fourth-order valence-corrected chi connectivity index (χ4v) is 0.603. The molecule has 6 heteroatoms. The van der Waals surface area contributed by atoms with E-state index in [2.05, 4.69) is 10.6 Å². The molecule has 2 amide bonds. The van der Waals surface area contributed by atoms with Crippen molar-refractivity contribution in [1.29, 1.82) is 0 Å². The summed E-state index contributed by atoms with van der Waals surface area (Å²) in [6, 6.07) is -1.45. The smallest absolute Gasteiger partial charge is 0.322 e. The molecule has 0 radical (unpaired) electrons. The summed E-state index contributed by atoms with van der Waals surface area (Å²) in [5.74, 6) is -1.13. The van der Waals surface area contributed by atoms with Crippen molar-refractivity contribution in [2.45, 2.75) is 25.9 Å². The maximum Gasteiger partial charge on any atom is 0.322 e. The van der Waals surface area contributed by atoms with Crippen LogP contribution in [0.25, 0.3) is 0 Å². The number of nitrogens with one attached hydrogen (secondary N) is 2. The van der Waals surface area contributed by atoms with Gasteiger partial charge in [0, 0.05) is 12.6 Å². The summed E-state index contributed by atoms with van der Waals surface area (Å²) < 4.78 is 0. The Morgan fingerprint density at radius 3 is 2.38 bits per heavy atom. The van der Waals surface area contributed by atoms with Crippen LogP contribution >= 0.6 is 0 Å². The topological polar surface area (TPSA) is 104 Å². The highest BCUT2D eigenvalue weighted by atomic mass is 16.4. The van der Waals surface area contributed by atoms with Crippen LogP contribution in [0, 0.1) is 0 Å². The molecule has 0 aliphatic heterocycles. The summed E-state index contributed by atoms with van der Waals surface area (Å²) >= 11 is 0. The molecular weight excluding hydrogens is 174 g/mol. The Labute approximate surface area is 76.5 Å². The third-order valence-corrected chi connectivity index (χ3v) is 1.22. The molecule has 5 N–H and O–H groups in total. The van der Waals surface area contributed by atoms with Crippen LogP contribution in [0.1, 0.15) is 13.8 Å².